The van der Waals surface area contributed by atoms with Gasteiger partial charge in [-0.3, -0.25) is 0 Å². The van der Waals surface area contributed by atoms with Crippen LogP contribution in [0.15, 0.2) is 42.5 Å². The summed E-state index contributed by atoms with van der Waals surface area (Å²) >= 11 is 0. The molecule has 20 heavy (non-hydrogen) atoms. The van der Waals surface area contributed by atoms with Crippen molar-refractivity contribution in [3.63, 3.8) is 0 Å². The van der Waals surface area contributed by atoms with Crippen LogP contribution in [0.2, 0.25) is 0 Å². The number of hydrogen-bond donors (Lipinski definition) is 2. The summed E-state index contributed by atoms with van der Waals surface area (Å²) in [7, 11) is 0. The minimum absolute atomic E-state index is 0.129. The van der Waals surface area contributed by atoms with E-state index >= 15 is 0 Å². The third-order valence-electron chi connectivity index (χ3n) is 3.98. The van der Waals surface area contributed by atoms with Gasteiger partial charge in [0.05, 0.1) is 12.1 Å². The molecule has 2 aromatic carbocycles. The van der Waals surface area contributed by atoms with Gasteiger partial charge in [-0.25, -0.2) is 4.79 Å². The van der Waals surface area contributed by atoms with Crippen molar-refractivity contribution >= 4 is 22.5 Å². The van der Waals surface area contributed by atoms with Crippen LogP contribution >= 0.6 is 0 Å². The summed E-state index contributed by atoms with van der Waals surface area (Å²) in [5.41, 5.74) is 0.780. The molecule has 0 spiro atoms. The van der Waals surface area contributed by atoms with Gasteiger partial charge in [0.1, 0.15) is 0 Å². The minimum atomic E-state index is -0.419. The maximum atomic E-state index is 12.2. The molecule has 0 aromatic heterocycles. The van der Waals surface area contributed by atoms with Gasteiger partial charge < -0.3 is 15.3 Å². The van der Waals surface area contributed by atoms with Crippen LogP contribution < -0.4 is 5.32 Å². The van der Waals surface area contributed by atoms with Crippen LogP contribution in [0.3, 0.4) is 0 Å². The molecule has 1 heterocycles. The van der Waals surface area contributed by atoms with Gasteiger partial charge in [-0.15, -0.1) is 0 Å². The molecule has 1 saturated heterocycles. The molecule has 1 aliphatic heterocycles. The standard InChI is InChI=1S/C16H18N2O2/c1-11-15(19)8-9-18(11)16(20)17-14-7-6-12-4-2-3-5-13(12)10-14/h2-7,10-11,15,19H,8-9H2,1H3,(H,17,20)/t11-,15?/m1/s1. The average molecular weight is 270 g/mol. The van der Waals surface area contributed by atoms with Crippen LogP contribution in [-0.4, -0.2) is 34.7 Å². The van der Waals surface area contributed by atoms with Gasteiger partial charge in [-0.1, -0.05) is 30.3 Å². The van der Waals surface area contributed by atoms with Gasteiger partial charge in [0.25, 0.3) is 0 Å². The minimum Gasteiger partial charge on any atom is -0.391 e. The lowest BCUT2D eigenvalue weighted by Crippen LogP contribution is -2.40. The van der Waals surface area contributed by atoms with Crippen molar-refractivity contribution < 1.29 is 9.90 Å². The Labute approximate surface area is 118 Å². The molecule has 0 aliphatic carbocycles. The second-order valence-corrected chi connectivity index (χ2v) is 5.28. The lowest BCUT2D eigenvalue weighted by atomic mass is 10.1. The van der Waals surface area contributed by atoms with Gasteiger partial charge in [0.15, 0.2) is 0 Å². The van der Waals surface area contributed by atoms with Crippen molar-refractivity contribution in [2.24, 2.45) is 0 Å². The number of aliphatic hydroxyl groups excluding tert-OH is 1. The summed E-state index contributed by atoms with van der Waals surface area (Å²) in [4.78, 5) is 13.9. The van der Waals surface area contributed by atoms with E-state index in [9.17, 15) is 9.90 Å². The highest BCUT2D eigenvalue weighted by Crippen LogP contribution is 2.21. The zero-order chi connectivity index (χ0) is 14.1. The zero-order valence-electron chi connectivity index (χ0n) is 11.4. The fourth-order valence-electron chi connectivity index (χ4n) is 2.67. The van der Waals surface area contributed by atoms with Crippen molar-refractivity contribution in [1.29, 1.82) is 0 Å². The molecule has 2 N–H and O–H groups in total. The molecule has 3 rings (SSSR count). The second kappa shape index (κ2) is 5.13. The van der Waals surface area contributed by atoms with E-state index in [-0.39, 0.29) is 12.1 Å². The Morgan fingerprint density at radius 1 is 1.25 bits per heavy atom. The number of anilines is 1. The van der Waals surface area contributed by atoms with Crippen LogP contribution in [0.5, 0.6) is 0 Å². The molecule has 1 aliphatic rings. The van der Waals surface area contributed by atoms with E-state index in [2.05, 4.69) is 5.32 Å². The van der Waals surface area contributed by atoms with E-state index in [1.54, 1.807) is 4.90 Å². The van der Waals surface area contributed by atoms with Crippen molar-refractivity contribution in [3.8, 4) is 0 Å². The van der Waals surface area contributed by atoms with E-state index in [0.29, 0.717) is 13.0 Å². The van der Waals surface area contributed by atoms with Gasteiger partial charge in [0.2, 0.25) is 0 Å². The van der Waals surface area contributed by atoms with E-state index in [1.807, 2.05) is 49.4 Å². The summed E-state index contributed by atoms with van der Waals surface area (Å²) in [6.45, 7) is 2.47. The Kier molecular flexibility index (Phi) is 3.32. The predicted molar refractivity (Wildman–Crippen MR) is 79.8 cm³/mol. The molecular formula is C16H18N2O2. The van der Waals surface area contributed by atoms with Crippen LogP contribution in [-0.2, 0) is 0 Å². The summed E-state index contributed by atoms with van der Waals surface area (Å²) in [5.74, 6) is 0. The number of nitrogens with one attached hydrogen (secondary N) is 1. The first-order chi connectivity index (χ1) is 9.65. The van der Waals surface area contributed by atoms with Gasteiger partial charge >= 0.3 is 6.03 Å². The second-order valence-electron chi connectivity index (χ2n) is 5.28. The van der Waals surface area contributed by atoms with Crippen LogP contribution in [0.1, 0.15) is 13.3 Å². The summed E-state index contributed by atoms with van der Waals surface area (Å²) < 4.78 is 0. The smallest absolute Gasteiger partial charge is 0.322 e. The first-order valence-corrected chi connectivity index (χ1v) is 6.89. The Morgan fingerprint density at radius 3 is 2.70 bits per heavy atom. The maximum absolute atomic E-state index is 12.2. The molecule has 4 nitrogen and oxygen atoms in total. The Morgan fingerprint density at radius 2 is 2.00 bits per heavy atom. The molecule has 2 atom stereocenters. The first kappa shape index (κ1) is 12.9. The quantitative estimate of drug-likeness (QED) is 0.837. The molecule has 2 aromatic rings. The van der Waals surface area contributed by atoms with E-state index in [4.69, 9.17) is 0 Å². The van der Waals surface area contributed by atoms with Gasteiger partial charge in [-0.2, -0.15) is 0 Å². The number of carbonyl (C=O) groups is 1. The third-order valence-corrected chi connectivity index (χ3v) is 3.98. The lowest BCUT2D eigenvalue weighted by Gasteiger charge is -2.23. The van der Waals surface area contributed by atoms with Gasteiger partial charge in [0, 0.05) is 12.2 Å². The maximum Gasteiger partial charge on any atom is 0.322 e. The van der Waals surface area contributed by atoms with E-state index < -0.39 is 6.10 Å². The van der Waals surface area contributed by atoms with Crippen molar-refractivity contribution in [3.05, 3.63) is 42.5 Å². The number of urea groups is 1. The average Bonchev–Trinajstić information content (AvgIpc) is 2.79. The fraction of sp³-hybridized carbons (Fsp3) is 0.312. The number of nitrogens with zero attached hydrogens (tertiary/aromatic N) is 1. The number of fused-ring (bicyclic) bond motifs is 1. The topological polar surface area (TPSA) is 52.6 Å². The van der Waals surface area contributed by atoms with Crippen molar-refractivity contribution in [1.82, 2.24) is 4.90 Å². The molecule has 0 bridgehead atoms. The third kappa shape index (κ3) is 2.34. The molecular weight excluding hydrogens is 252 g/mol. The number of aliphatic hydroxyl groups is 1. The Hall–Kier alpha value is -2.07. The molecule has 0 radical (unpaired) electrons. The Balaban J connectivity index is 1.77. The van der Waals surface area contributed by atoms with Crippen LogP contribution in [0.25, 0.3) is 10.8 Å². The molecule has 1 unspecified atom stereocenters. The highest BCUT2D eigenvalue weighted by molar-refractivity contribution is 5.93. The fourth-order valence-corrected chi connectivity index (χ4v) is 2.67. The van der Waals surface area contributed by atoms with Crippen molar-refractivity contribution in [2.75, 3.05) is 11.9 Å². The van der Waals surface area contributed by atoms with Crippen LogP contribution in [0.4, 0.5) is 10.5 Å². The van der Waals surface area contributed by atoms with Gasteiger partial charge in [-0.05, 0) is 36.2 Å². The van der Waals surface area contributed by atoms with Crippen LogP contribution in [0, 0.1) is 0 Å². The molecule has 0 saturated carbocycles. The number of hydrogen-bond acceptors (Lipinski definition) is 2. The highest BCUT2D eigenvalue weighted by atomic mass is 16.3. The normalized spacial score (nSPS) is 22.2. The lowest BCUT2D eigenvalue weighted by molar-refractivity contribution is 0.135. The number of benzene rings is 2. The molecule has 104 valence electrons. The van der Waals surface area contributed by atoms with E-state index in [1.165, 1.54) is 0 Å². The van der Waals surface area contributed by atoms with E-state index in [0.717, 1.165) is 16.5 Å². The Bertz CT molecular complexity index is 641. The van der Waals surface area contributed by atoms with Crippen molar-refractivity contribution in [2.45, 2.75) is 25.5 Å². The first-order valence-electron chi connectivity index (χ1n) is 6.89. The number of rotatable bonds is 1. The molecule has 2 amide bonds. The number of amides is 2. The summed E-state index contributed by atoms with van der Waals surface area (Å²) in [5, 5.41) is 14.9. The zero-order valence-corrected chi connectivity index (χ0v) is 11.4. The summed E-state index contributed by atoms with van der Waals surface area (Å²) in [6.07, 6.45) is 0.226. The predicted octanol–water partition coefficient (Wildman–Crippen LogP) is 2.83. The highest BCUT2D eigenvalue weighted by Gasteiger charge is 2.32. The number of likely N-dealkylation sites (tertiary alicyclic amines) is 1. The number of carbonyl (C=O) groups excluding carboxylic acids is 1. The summed E-state index contributed by atoms with van der Waals surface area (Å²) in [6, 6.07) is 13.6. The largest absolute Gasteiger partial charge is 0.391 e. The monoisotopic (exact) mass is 270 g/mol. The SMILES string of the molecule is C[C@@H]1C(O)CCN1C(=O)Nc1ccc2ccccc2c1. The molecule has 4 heteroatoms. The molecule has 1 fully saturated rings.